The van der Waals surface area contributed by atoms with Crippen LogP contribution in [-0.2, 0) is 4.79 Å². The van der Waals surface area contributed by atoms with Gasteiger partial charge in [0, 0.05) is 17.3 Å². The second-order valence-corrected chi connectivity index (χ2v) is 5.11. The molecular weight excluding hydrogens is 248 g/mol. The lowest BCUT2D eigenvalue weighted by molar-refractivity contribution is -0.135. The number of carbonyl (C=O) groups is 1. The molecule has 11 heavy (non-hydrogen) atoms. The standard InChI is InChI=1S/C6H11BrO2S2/c1-10-2-3-11-4-5(7)6(8)9/h5H,2-4H2,1H3,(H,8,9)/t5-/m1/s1. The molecule has 0 aromatic carbocycles. The van der Waals surface area contributed by atoms with E-state index in [1.165, 1.54) is 0 Å². The van der Waals surface area contributed by atoms with Crippen molar-refractivity contribution < 1.29 is 9.90 Å². The molecule has 0 fully saturated rings. The van der Waals surface area contributed by atoms with Gasteiger partial charge in [0.1, 0.15) is 4.83 Å². The number of alkyl halides is 1. The average Bonchev–Trinajstić information content (AvgIpc) is 1.97. The van der Waals surface area contributed by atoms with Gasteiger partial charge in [0.05, 0.1) is 0 Å². The predicted molar refractivity (Wildman–Crippen MR) is 56.1 cm³/mol. The first-order chi connectivity index (χ1) is 5.18. The lowest BCUT2D eigenvalue weighted by atomic mass is 10.5. The quantitative estimate of drug-likeness (QED) is 0.584. The Hall–Kier alpha value is 0.650. The van der Waals surface area contributed by atoms with Gasteiger partial charge in [-0.15, -0.1) is 0 Å². The van der Waals surface area contributed by atoms with Crippen molar-refractivity contribution in [2.24, 2.45) is 0 Å². The first-order valence-corrected chi connectivity index (χ1v) is 6.58. The van der Waals surface area contributed by atoms with Gasteiger partial charge in [0.15, 0.2) is 0 Å². The number of halogens is 1. The number of carboxylic acids is 1. The monoisotopic (exact) mass is 258 g/mol. The Bertz CT molecular complexity index is 121. The van der Waals surface area contributed by atoms with Crippen molar-refractivity contribution in [1.29, 1.82) is 0 Å². The van der Waals surface area contributed by atoms with Gasteiger partial charge in [0.2, 0.25) is 0 Å². The lowest BCUT2D eigenvalue weighted by Gasteiger charge is -2.02. The molecule has 5 heteroatoms. The van der Waals surface area contributed by atoms with Crippen molar-refractivity contribution in [3.8, 4) is 0 Å². The van der Waals surface area contributed by atoms with E-state index in [-0.39, 0.29) is 0 Å². The number of hydrogen-bond donors (Lipinski definition) is 1. The van der Waals surface area contributed by atoms with Gasteiger partial charge in [-0.05, 0) is 6.26 Å². The minimum absolute atomic E-state index is 0.394. The number of carboxylic acid groups (broad SMARTS) is 1. The Labute approximate surface area is 83.6 Å². The van der Waals surface area contributed by atoms with Crippen LogP contribution >= 0.6 is 39.5 Å². The Kier molecular flexibility index (Phi) is 7.74. The van der Waals surface area contributed by atoms with Crippen LogP contribution in [0.25, 0.3) is 0 Å². The van der Waals surface area contributed by atoms with Crippen LogP contribution < -0.4 is 0 Å². The molecule has 0 bridgehead atoms. The largest absolute Gasteiger partial charge is 0.480 e. The molecular formula is C6H11BrO2S2. The molecule has 0 aliphatic rings. The van der Waals surface area contributed by atoms with Crippen molar-refractivity contribution in [2.45, 2.75) is 4.83 Å². The predicted octanol–water partition coefficient (Wildman–Crippen LogP) is 1.93. The molecule has 1 N–H and O–H groups in total. The van der Waals surface area contributed by atoms with Crippen LogP contribution in [0, 0.1) is 0 Å². The zero-order valence-corrected chi connectivity index (χ0v) is 9.47. The third-order valence-electron chi connectivity index (χ3n) is 0.964. The Morgan fingerprint density at radius 3 is 2.73 bits per heavy atom. The molecule has 0 saturated heterocycles. The first kappa shape index (κ1) is 11.6. The van der Waals surface area contributed by atoms with Gasteiger partial charge in [-0.3, -0.25) is 4.79 Å². The minimum atomic E-state index is -0.776. The van der Waals surface area contributed by atoms with Crippen LogP contribution in [0.5, 0.6) is 0 Å². The van der Waals surface area contributed by atoms with Gasteiger partial charge in [-0.2, -0.15) is 23.5 Å². The van der Waals surface area contributed by atoms with Crippen molar-refractivity contribution >= 4 is 45.4 Å². The molecule has 0 heterocycles. The maximum Gasteiger partial charge on any atom is 0.318 e. The minimum Gasteiger partial charge on any atom is -0.480 e. The summed E-state index contributed by atoms with van der Waals surface area (Å²) in [4.78, 5) is 9.90. The molecule has 0 aromatic heterocycles. The van der Waals surface area contributed by atoms with Crippen molar-refractivity contribution in [3.05, 3.63) is 0 Å². The fourth-order valence-corrected chi connectivity index (χ4v) is 2.62. The molecule has 0 saturated carbocycles. The molecule has 0 radical (unpaired) electrons. The molecule has 0 amide bonds. The Morgan fingerprint density at radius 2 is 2.27 bits per heavy atom. The lowest BCUT2D eigenvalue weighted by Crippen LogP contribution is -2.15. The maximum atomic E-state index is 10.3. The molecule has 1 atom stereocenters. The number of thioether (sulfide) groups is 2. The van der Waals surface area contributed by atoms with Crippen LogP contribution in [0.1, 0.15) is 0 Å². The fourth-order valence-electron chi connectivity index (χ4n) is 0.400. The molecule has 0 aromatic rings. The number of hydrogen-bond acceptors (Lipinski definition) is 3. The summed E-state index contributed by atoms with van der Waals surface area (Å²) in [7, 11) is 0. The summed E-state index contributed by atoms with van der Waals surface area (Å²) in [6.07, 6.45) is 2.05. The van der Waals surface area contributed by atoms with E-state index in [4.69, 9.17) is 5.11 Å². The number of aliphatic carboxylic acids is 1. The summed E-state index contributed by atoms with van der Waals surface area (Å²) in [5.74, 6) is 1.98. The Morgan fingerprint density at radius 1 is 1.64 bits per heavy atom. The third kappa shape index (κ3) is 7.03. The van der Waals surface area contributed by atoms with E-state index in [0.29, 0.717) is 5.75 Å². The second-order valence-electron chi connectivity index (χ2n) is 1.87. The zero-order chi connectivity index (χ0) is 8.69. The van der Waals surface area contributed by atoms with E-state index in [2.05, 4.69) is 15.9 Å². The van der Waals surface area contributed by atoms with Crippen molar-refractivity contribution in [3.63, 3.8) is 0 Å². The molecule has 0 aliphatic carbocycles. The van der Waals surface area contributed by atoms with Gasteiger partial charge < -0.3 is 5.11 Å². The highest BCUT2D eigenvalue weighted by molar-refractivity contribution is 9.10. The zero-order valence-electron chi connectivity index (χ0n) is 6.25. The highest BCUT2D eigenvalue weighted by Gasteiger charge is 2.11. The molecule has 0 spiro atoms. The van der Waals surface area contributed by atoms with Gasteiger partial charge in [-0.1, -0.05) is 15.9 Å². The smallest absolute Gasteiger partial charge is 0.318 e. The van der Waals surface area contributed by atoms with Gasteiger partial charge >= 0.3 is 5.97 Å². The summed E-state index contributed by atoms with van der Waals surface area (Å²) in [6.45, 7) is 0. The van der Waals surface area contributed by atoms with Crippen LogP contribution in [-0.4, -0.2) is 39.4 Å². The van der Waals surface area contributed by atoms with Gasteiger partial charge in [-0.25, -0.2) is 0 Å². The van der Waals surface area contributed by atoms with Crippen molar-refractivity contribution in [2.75, 3.05) is 23.5 Å². The maximum absolute atomic E-state index is 10.3. The van der Waals surface area contributed by atoms with E-state index < -0.39 is 10.8 Å². The summed E-state index contributed by atoms with van der Waals surface area (Å²) in [6, 6.07) is 0. The summed E-state index contributed by atoms with van der Waals surface area (Å²) >= 11 is 6.51. The second kappa shape index (κ2) is 7.31. The Balaban J connectivity index is 3.17. The van der Waals surface area contributed by atoms with Crippen LogP contribution in [0.2, 0.25) is 0 Å². The van der Waals surface area contributed by atoms with Gasteiger partial charge in [0.25, 0.3) is 0 Å². The molecule has 0 unspecified atom stereocenters. The first-order valence-electron chi connectivity index (χ1n) is 3.12. The van der Waals surface area contributed by atoms with Crippen LogP contribution in [0.15, 0.2) is 0 Å². The van der Waals surface area contributed by atoms with Crippen LogP contribution in [0.4, 0.5) is 0 Å². The molecule has 0 aliphatic heterocycles. The van der Waals surface area contributed by atoms with E-state index >= 15 is 0 Å². The number of rotatable bonds is 6. The SMILES string of the molecule is CSCCSC[C@@H](Br)C(=O)O. The summed E-state index contributed by atoms with van der Waals surface area (Å²) < 4.78 is 0. The highest BCUT2D eigenvalue weighted by atomic mass is 79.9. The van der Waals surface area contributed by atoms with E-state index in [1.807, 2.05) is 6.26 Å². The fraction of sp³-hybridized carbons (Fsp3) is 0.833. The average molecular weight is 259 g/mol. The topological polar surface area (TPSA) is 37.3 Å². The van der Waals surface area contributed by atoms with E-state index in [1.54, 1.807) is 23.5 Å². The highest BCUT2D eigenvalue weighted by Crippen LogP contribution is 2.11. The summed E-state index contributed by atoms with van der Waals surface area (Å²) in [5, 5.41) is 8.47. The molecule has 0 rings (SSSR count). The van der Waals surface area contributed by atoms with E-state index in [9.17, 15) is 4.79 Å². The molecule has 66 valence electrons. The normalized spacial score (nSPS) is 12.9. The third-order valence-corrected chi connectivity index (χ3v) is 4.04. The van der Waals surface area contributed by atoms with E-state index in [0.717, 1.165) is 11.5 Å². The van der Waals surface area contributed by atoms with Crippen LogP contribution in [0.3, 0.4) is 0 Å². The van der Waals surface area contributed by atoms with Crippen molar-refractivity contribution in [1.82, 2.24) is 0 Å². The summed E-state index contributed by atoms with van der Waals surface area (Å²) in [5.41, 5.74) is 0. The molecule has 2 nitrogen and oxygen atoms in total.